The first-order valence-corrected chi connectivity index (χ1v) is 7.27. The smallest absolute Gasteiger partial charge is 0.410 e. The molecule has 0 rings (SSSR count). The monoisotopic (exact) mass is 251 g/mol. The van der Waals surface area contributed by atoms with Crippen molar-refractivity contribution in [2.75, 3.05) is 25.1 Å². The molecule has 5 nitrogen and oxygen atoms in total. The molecule has 1 amide bonds. The van der Waals surface area contributed by atoms with Gasteiger partial charge in [-0.05, 0) is 27.7 Å². The summed E-state index contributed by atoms with van der Waals surface area (Å²) in [7, 11) is -3.06. The second-order valence-electron chi connectivity index (χ2n) is 4.69. The van der Waals surface area contributed by atoms with Gasteiger partial charge in [0.25, 0.3) is 0 Å². The molecule has 0 aliphatic rings. The minimum atomic E-state index is -3.06. The highest BCUT2D eigenvalue weighted by Crippen LogP contribution is 2.09. The largest absolute Gasteiger partial charge is 0.444 e. The number of carbonyl (C=O) groups is 1. The second-order valence-corrected chi connectivity index (χ2v) is 6.95. The van der Waals surface area contributed by atoms with Crippen molar-refractivity contribution >= 4 is 15.9 Å². The first kappa shape index (κ1) is 15.2. The summed E-state index contributed by atoms with van der Waals surface area (Å²) in [4.78, 5) is 13.0. The Morgan fingerprint density at radius 1 is 1.31 bits per heavy atom. The summed E-state index contributed by atoms with van der Waals surface area (Å²) in [5, 5.41) is 0. The van der Waals surface area contributed by atoms with Crippen molar-refractivity contribution in [2.45, 2.75) is 33.3 Å². The minimum absolute atomic E-state index is 0.0416. The van der Waals surface area contributed by atoms with E-state index < -0.39 is 21.5 Å². The van der Waals surface area contributed by atoms with Gasteiger partial charge in [-0.2, -0.15) is 0 Å². The highest BCUT2D eigenvalue weighted by Gasteiger charge is 2.21. The predicted octanol–water partition coefficient (Wildman–Crippen LogP) is 1.29. The summed E-state index contributed by atoms with van der Waals surface area (Å²) in [6.07, 6.45) is 0.675. The van der Waals surface area contributed by atoms with Crippen LogP contribution in [-0.2, 0) is 14.6 Å². The molecule has 0 heterocycles. The van der Waals surface area contributed by atoms with E-state index in [1.165, 1.54) is 4.90 Å². The maximum atomic E-state index is 11.6. The molecule has 0 aliphatic heterocycles. The van der Waals surface area contributed by atoms with Gasteiger partial charge in [-0.25, -0.2) is 13.2 Å². The molecule has 96 valence electrons. The molecule has 16 heavy (non-hydrogen) atoms. The van der Waals surface area contributed by atoms with Crippen molar-refractivity contribution in [1.29, 1.82) is 0 Å². The normalized spacial score (nSPS) is 12.3. The van der Waals surface area contributed by atoms with Gasteiger partial charge in [0.15, 0.2) is 0 Å². The Morgan fingerprint density at radius 2 is 1.81 bits per heavy atom. The standard InChI is InChI=1S/C10H21NO4S/c1-6-11(7-8-16(5,13)14)9(12)15-10(2,3)4/h6-8H2,1-5H3. The van der Waals surface area contributed by atoms with Crippen molar-refractivity contribution in [2.24, 2.45) is 0 Å². The van der Waals surface area contributed by atoms with E-state index in [0.717, 1.165) is 6.26 Å². The number of carbonyl (C=O) groups excluding carboxylic acids is 1. The van der Waals surface area contributed by atoms with E-state index in [1.54, 1.807) is 27.7 Å². The Balaban J connectivity index is 4.34. The summed E-state index contributed by atoms with van der Waals surface area (Å²) >= 11 is 0. The summed E-state index contributed by atoms with van der Waals surface area (Å²) in [5.41, 5.74) is -0.560. The lowest BCUT2D eigenvalue weighted by Crippen LogP contribution is -2.39. The lowest BCUT2D eigenvalue weighted by atomic mass is 10.2. The maximum absolute atomic E-state index is 11.6. The molecule has 0 N–H and O–H groups in total. The lowest BCUT2D eigenvalue weighted by Gasteiger charge is -2.26. The van der Waals surface area contributed by atoms with E-state index in [2.05, 4.69) is 0 Å². The van der Waals surface area contributed by atoms with Crippen LogP contribution >= 0.6 is 0 Å². The van der Waals surface area contributed by atoms with Crippen LogP contribution < -0.4 is 0 Å². The van der Waals surface area contributed by atoms with Crippen LogP contribution in [0.1, 0.15) is 27.7 Å². The zero-order valence-electron chi connectivity index (χ0n) is 10.6. The molecule has 0 aromatic heterocycles. The van der Waals surface area contributed by atoms with Gasteiger partial charge in [-0.3, -0.25) is 0 Å². The Kier molecular flexibility index (Phi) is 5.25. The third-order valence-electron chi connectivity index (χ3n) is 1.77. The van der Waals surface area contributed by atoms with E-state index in [1.807, 2.05) is 0 Å². The number of amides is 1. The van der Waals surface area contributed by atoms with Gasteiger partial charge in [-0.15, -0.1) is 0 Å². The molecule has 0 spiro atoms. The van der Waals surface area contributed by atoms with Crippen molar-refractivity contribution in [1.82, 2.24) is 4.90 Å². The molecule has 0 bridgehead atoms. The molecule has 6 heteroatoms. The SMILES string of the molecule is CCN(CCS(C)(=O)=O)C(=O)OC(C)(C)C. The van der Waals surface area contributed by atoms with Crippen LogP contribution in [0.3, 0.4) is 0 Å². The van der Waals surface area contributed by atoms with Crippen LogP contribution in [0.2, 0.25) is 0 Å². The fraction of sp³-hybridized carbons (Fsp3) is 0.900. The molecule has 0 unspecified atom stereocenters. The first-order chi connectivity index (χ1) is 7.05. The highest BCUT2D eigenvalue weighted by molar-refractivity contribution is 7.90. The average Bonchev–Trinajstić information content (AvgIpc) is 1.99. The van der Waals surface area contributed by atoms with Crippen LogP contribution in [0.4, 0.5) is 4.79 Å². The third kappa shape index (κ3) is 7.50. The second kappa shape index (κ2) is 5.52. The highest BCUT2D eigenvalue weighted by atomic mass is 32.2. The number of nitrogens with zero attached hydrogens (tertiary/aromatic N) is 1. The molecule has 0 saturated heterocycles. The van der Waals surface area contributed by atoms with Crippen molar-refractivity contribution in [3.8, 4) is 0 Å². The van der Waals surface area contributed by atoms with Gasteiger partial charge < -0.3 is 9.64 Å². The van der Waals surface area contributed by atoms with Crippen molar-refractivity contribution < 1.29 is 17.9 Å². The molecule has 0 aromatic rings. The average molecular weight is 251 g/mol. The van der Waals surface area contributed by atoms with Crippen LogP contribution in [0.5, 0.6) is 0 Å². The van der Waals surface area contributed by atoms with Gasteiger partial charge in [-0.1, -0.05) is 0 Å². The van der Waals surface area contributed by atoms with Gasteiger partial charge in [0.1, 0.15) is 15.4 Å². The first-order valence-electron chi connectivity index (χ1n) is 5.21. The zero-order valence-corrected chi connectivity index (χ0v) is 11.4. The van der Waals surface area contributed by atoms with E-state index in [0.29, 0.717) is 6.54 Å². The molecule has 0 saturated carbocycles. The van der Waals surface area contributed by atoms with Crippen LogP contribution in [0.25, 0.3) is 0 Å². The summed E-state index contributed by atoms with van der Waals surface area (Å²) in [6.45, 7) is 7.71. The lowest BCUT2D eigenvalue weighted by molar-refractivity contribution is 0.0272. The van der Waals surface area contributed by atoms with E-state index in [9.17, 15) is 13.2 Å². The fourth-order valence-corrected chi connectivity index (χ4v) is 1.53. The third-order valence-corrected chi connectivity index (χ3v) is 2.69. The zero-order chi connectivity index (χ0) is 13.0. The Labute approximate surface area is 97.7 Å². The Bertz CT molecular complexity index is 329. The quantitative estimate of drug-likeness (QED) is 0.755. The summed E-state index contributed by atoms with van der Waals surface area (Å²) in [5.74, 6) is -0.0416. The van der Waals surface area contributed by atoms with Gasteiger partial charge in [0.05, 0.1) is 5.75 Å². The molecule has 0 fully saturated rings. The molecule has 0 aromatic carbocycles. The van der Waals surface area contributed by atoms with Gasteiger partial charge in [0.2, 0.25) is 0 Å². The van der Waals surface area contributed by atoms with E-state index >= 15 is 0 Å². The molecule has 0 atom stereocenters. The minimum Gasteiger partial charge on any atom is -0.444 e. The Morgan fingerprint density at radius 3 is 2.12 bits per heavy atom. The maximum Gasteiger partial charge on any atom is 0.410 e. The van der Waals surface area contributed by atoms with Crippen molar-refractivity contribution in [3.63, 3.8) is 0 Å². The van der Waals surface area contributed by atoms with Crippen LogP contribution in [-0.4, -0.2) is 50.1 Å². The summed E-state index contributed by atoms with van der Waals surface area (Å²) in [6, 6.07) is 0. The Hall–Kier alpha value is -0.780. The number of hydrogen-bond donors (Lipinski definition) is 0. The fourth-order valence-electron chi connectivity index (χ4n) is 0.981. The van der Waals surface area contributed by atoms with E-state index in [4.69, 9.17) is 4.74 Å². The number of ether oxygens (including phenoxy) is 1. The van der Waals surface area contributed by atoms with E-state index in [-0.39, 0.29) is 12.3 Å². The van der Waals surface area contributed by atoms with Crippen molar-refractivity contribution in [3.05, 3.63) is 0 Å². The van der Waals surface area contributed by atoms with Gasteiger partial charge >= 0.3 is 6.09 Å². The number of hydrogen-bond acceptors (Lipinski definition) is 4. The molecular formula is C10H21NO4S. The van der Waals surface area contributed by atoms with Gasteiger partial charge in [0, 0.05) is 19.3 Å². The molecular weight excluding hydrogens is 230 g/mol. The predicted molar refractivity (Wildman–Crippen MR) is 63.2 cm³/mol. The topological polar surface area (TPSA) is 63.7 Å². The van der Waals surface area contributed by atoms with Crippen LogP contribution in [0, 0.1) is 0 Å². The molecule has 0 radical (unpaired) electrons. The number of sulfone groups is 1. The molecule has 0 aliphatic carbocycles. The number of rotatable bonds is 4. The summed E-state index contributed by atoms with van der Waals surface area (Å²) < 4.78 is 27.1. The van der Waals surface area contributed by atoms with Crippen LogP contribution in [0.15, 0.2) is 0 Å².